The summed E-state index contributed by atoms with van der Waals surface area (Å²) in [6.07, 6.45) is 2.96. The molecule has 2 aromatic rings. The Morgan fingerprint density at radius 2 is 2.12 bits per heavy atom. The molecule has 1 heterocycles. The lowest BCUT2D eigenvalue weighted by atomic mass is 10.2. The van der Waals surface area contributed by atoms with Crippen molar-refractivity contribution in [1.29, 1.82) is 0 Å². The molecule has 0 saturated heterocycles. The molecule has 0 aliphatic carbocycles. The van der Waals surface area contributed by atoms with Gasteiger partial charge in [0, 0.05) is 17.6 Å². The Morgan fingerprint density at radius 3 is 2.76 bits per heavy atom. The third-order valence-electron chi connectivity index (χ3n) is 2.06. The van der Waals surface area contributed by atoms with Crippen LogP contribution in [-0.4, -0.2) is 4.98 Å². The van der Waals surface area contributed by atoms with Gasteiger partial charge in [-0.15, -0.1) is 0 Å². The number of hydrogen-bond acceptors (Lipinski definition) is 2. The van der Waals surface area contributed by atoms with E-state index in [9.17, 15) is 4.39 Å². The Kier molecular flexibility index (Phi) is 3.97. The van der Waals surface area contributed by atoms with Crippen molar-refractivity contribution in [2.45, 2.75) is 5.33 Å². The zero-order valence-corrected chi connectivity index (χ0v) is 11.0. The minimum absolute atomic E-state index is 0.152. The van der Waals surface area contributed by atoms with E-state index in [0.717, 1.165) is 5.56 Å². The molecule has 88 valence electrons. The molecule has 0 spiro atoms. The second kappa shape index (κ2) is 5.47. The lowest BCUT2D eigenvalue weighted by Gasteiger charge is -2.07. The van der Waals surface area contributed by atoms with Crippen molar-refractivity contribution in [3.8, 4) is 11.5 Å². The number of rotatable bonds is 3. The minimum Gasteiger partial charge on any atom is -0.453 e. The third-order valence-corrected chi connectivity index (χ3v) is 2.91. The van der Waals surface area contributed by atoms with E-state index in [1.54, 1.807) is 18.2 Å². The van der Waals surface area contributed by atoms with Crippen molar-refractivity contribution in [2.75, 3.05) is 0 Å². The topological polar surface area (TPSA) is 22.1 Å². The van der Waals surface area contributed by atoms with Crippen LogP contribution in [0, 0.1) is 5.82 Å². The molecule has 0 bridgehead atoms. The van der Waals surface area contributed by atoms with Gasteiger partial charge in [-0.1, -0.05) is 33.6 Å². The smallest absolute Gasteiger partial charge is 0.166 e. The molecule has 2 nitrogen and oxygen atoms in total. The Hall–Kier alpha value is -1.13. The van der Waals surface area contributed by atoms with E-state index in [4.69, 9.17) is 16.3 Å². The highest BCUT2D eigenvalue weighted by Gasteiger charge is 2.06. The highest BCUT2D eigenvalue weighted by Crippen LogP contribution is 2.26. The SMILES string of the molecule is Fc1cc(CBr)ccc1Oc1cncc(Cl)c1. The van der Waals surface area contributed by atoms with Crippen LogP contribution >= 0.6 is 27.5 Å². The fourth-order valence-electron chi connectivity index (χ4n) is 1.29. The van der Waals surface area contributed by atoms with Gasteiger partial charge in [0.2, 0.25) is 0 Å². The van der Waals surface area contributed by atoms with Gasteiger partial charge in [0.05, 0.1) is 11.2 Å². The second-order valence-electron chi connectivity index (χ2n) is 3.34. The van der Waals surface area contributed by atoms with Crippen LogP contribution in [0.2, 0.25) is 5.02 Å². The number of ether oxygens (including phenoxy) is 1. The fraction of sp³-hybridized carbons (Fsp3) is 0.0833. The summed E-state index contributed by atoms with van der Waals surface area (Å²) < 4.78 is 19.0. The van der Waals surface area contributed by atoms with Crippen molar-refractivity contribution in [1.82, 2.24) is 4.98 Å². The summed E-state index contributed by atoms with van der Waals surface area (Å²) in [4.78, 5) is 3.86. The fourth-order valence-corrected chi connectivity index (χ4v) is 1.80. The van der Waals surface area contributed by atoms with E-state index < -0.39 is 5.82 Å². The maximum absolute atomic E-state index is 13.6. The lowest BCUT2D eigenvalue weighted by molar-refractivity contribution is 0.440. The highest BCUT2D eigenvalue weighted by molar-refractivity contribution is 9.08. The predicted octanol–water partition coefficient (Wildman–Crippen LogP) is 4.56. The zero-order chi connectivity index (χ0) is 12.3. The molecule has 0 aliphatic rings. The van der Waals surface area contributed by atoms with Crippen molar-refractivity contribution in [2.24, 2.45) is 0 Å². The average molecular weight is 317 g/mol. The van der Waals surface area contributed by atoms with E-state index in [0.29, 0.717) is 16.1 Å². The number of benzene rings is 1. The number of hydrogen-bond donors (Lipinski definition) is 0. The first-order valence-corrected chi connectivity index (χ1v) is 6.32. The summed E-state index contributed by atoms with van der Waals surface area (Å²) in [5, 5.41) is 1.04. The summed E-state index contributed by atoms with van der Waals surface area (Å²) in [6, 6.07) is 6.35. The molecule has 2 rings (SSSR count). The Bertz CT molecular complexity index is 536. The monoisotopic (exact) mass is 315 g/mol. The first kappa shape index (κ1) is 12.3. The van der Waals surface area contributed by atoms with E-state index in [1.807, 2.05) is 0 Å². The maximum atomic E-state index is 13.6. The molecule has 17 heavy (non-hydrogen) atoms. The molecule has 0 amide bonds. The van der Waals surface area contributed by atoms with Crippen LogP contribution in [0.1, 0.15) is 5.56 Å². The van der Waals surface area contributed by atoms with Gasteiger partial charge in [-0.05, 0) is 17.7 Å². The summed E-state index contributed by atoms with van der Waals surface area (Å²) in [5.41, 5.74) is 0.846. The number of alkyl halides is 1. The molecular weight excluding hydrogens is 308 g/mol. The van der Waals surface area contributed by atoms with E-state index >= 15 is 0 Å². The number of halogens is 3. The van der Waals surface area contributed by atoms with Crippen LogP contribution in [0.15, 0.2) is 36.7 Å². The average Bonchev–Trinajstić information content (AvgIpc) is 2.32. The minimum atomic E-state index is -0.415. The van der Waals surface area contributed by atoms with E-state index in [2.05, 4.69) is 20.9 Å². The van der Waals surface area contributed by atoms with Crippen LogP contribution in [-0.2, 0) is 5.33 Å². The van der Waals surface area contributed by atoms with Crippen molar-refractivity contribution >= 4 is 27.5 Å². The summed E-state index contributed by atoms with van der Waals surface area (Å²) in [5.74, 6) is 0.142. The van der Waals surface area contributed by atoms with Gasteiger partial charge in [-0.3, -0.25) is 4.98 Å². The molecule has 0 atom stereocenters. The van der Waals surface area contributed by atoms with Gasteiger partial charge in [0.15, 0.2) is 11.6 Å². The van der Waals surface area contributed by atoms with Crippen LogP contribution < -0.4 is 4.74 Å². The predicted molar refractivity (Wildman–Crippen MR) is 68.4 cm³/mol. The Balaban J connectivity index is 2.24. The first-order chi connectivity index (χ1) is 8.19. The Morgan fingerprint density at radius 1 is 1.29 bits per heavy atom. The van der Waals surface area contributed by atoms with Crippen LogP contribution in [0.5, 0.6) is 11.5 Å². The maximum Gasteiger partial charge on any atom is 0.166 e. The van der Waals surface area contributed by atoms with E-state index in [-0.39, 0.29) is 5.75 Å². The molecule has 0 fully saturated rings. The third kappa shape index (κ3) is 3.17. The van der Waals surface area contributed by atoms with Crippen molar-refractivity contribution in [3.63, 3.8) is 0 Å². The zero-order valence-electron chi connectivity index (χ0n) is 8.66. The molecule has 0 aliphatic heterocycles. The number of nitrogens with zero attached hydrogens (tertiary/aromatic N) is 1. The summed E-state index contributed by atoms with van der Waals surface area (Å²) in [6.45, 7) is 0. The first-order valence-electron chi connectivity index (χ1n) is 4.82. The van der Waals surface area contributed by atoms with Gasteiger partial charge in [0.1, 0.15) is 5.75 Å². The molecule has 0 N–H and O–H groups in total. The van der Waals surface area contributed by atoms with Crippen LogP contribution in [0.25, 0.3) is 0 Å². The largest absolute Gasteiger partial charge is 0.453 e. The van der Waals surface area contributed by atoms with Crippen LogP contribution in [0.4, 0.5) is 4.39 Å². The molecule has 1 aromatic carbocycles. The molecule has 0 saturated carbocycles. The van der Waals surface area contributed by atoms with E-state index in [1.165, 1.54) is 18.5 Å². The molecule has 0 radical (unpaired) electrons. The van der Waals surface area contributed by atoms with Crippen molar-refractivity contribution in [3.05, 3.63) is 53.1 Å². The van der Waals surface area contributed by atoms with Gasteiger partial charge in [-0.2, -0.15) is 0 Å². The summed E-state index contributed by atoms with van der Waals surface area (Å²) >= 11 is 9.01. The lowest BCUT2D eigenvalue weighted by Crippen LogP contribution is -1.90. The number of aromatic nitrogens is 1. The van der Waals surface area contributed by atoms with Crippen LogP contribution in [0.3, 0.4) is 0 Å². The van der Waals surface area contributed by atoms with Crippen molar-refractivity contribution < 1.29 is 9.13 Å². The van der Waals surface area contributed by atoms with Gasteiger partial charge >= 0.3 is 0 Å². The molecule has 0 unspecified atom stereocenters. The summed E-state index contributed by atoms with van der Waals surface area (Å²) in [7, 11) is 0. The van der Waals surface area contributed by atoms with Gasteiger partial charge in [-0.25, -0.2) is 4.39 Å². The Labute approximate surface area is 112 Å². The molecule has 1 aromatic heterocycles. The van der Waals surface area contributed by atoms with Gasteiger partial charge in [0.25, 0.3) is 0 Å². The second-order valence-corrected chi connectivity index (χ2v) is 4.34. The normalized spacial score (nSPS) is 10.3. The number of pyridine rings is 1. The molecular formula is C12H8BrClFNO. The quantitative estimate of drug-likeness (QED) is 0.774. The highest BCUT2D eigenvalue weighted by atomic mass is 79.9. The standard InChI is InChI=1S/C12H8BrClFNO/c13-5-8-1-2-12(11(15)3-8)17-10-4-9(14)6-16-7-10/h1-4,6-7H,5H2. The molecule has 5 heteroatoms. The van der Waals surface area contributed by atoms with Gasteiger partial charge < -0.3 is 4.74 Å².